The number of nitrogens with zero attached hydrogens (tertiary/aromatic N) is 2. The molecule has 0 aromatic heterocycles. The number of ether oxygens (including phenoxy) is 1. The Morgan fingerprint density at radius 2 is 1.96 bits per heavy atom. The van der Waals surface area contributed by atoms with Gasteiger partial charge in [0.2, 0.25) is 0 Å². The molecule has 2 aromatic carbocycles. The molecule has 1 aliphatic heterocycles. The van der Waals surface area contributed by atoms with Crippen molar-refractivity contribution >= 4 is 12.3 Å². The third-order valence-electron chi connectivity index (χ3n) is 4.89. The highest BCUT2D eigenvalue weighted by Gasteiger charge is 2.43. The van der Waals surface area contributed by atoms with Crippen LogP contribution in [-0.2, 0) is 11.3 Å². The number of para-hydroxylation sites is 1. The molecule has 1 amide bonds. The molecule has 2 atom stereocenters. The van der Waals surface area contributed by atoms with Crippen molar-refractivity contribution in [1.82, 2.24) is 4.90 Å². The number of rotatable bonds is 5. The lowest BCUT2D eigenvalue weighted by Crippen LogP contribution is -2.43. The number of carbonyl (C=O) groups excluding carboxylic acids is 1. The number of hydrogen-bond acceptors (Lipinski definition) is 5. The van der Waals surface area contributed by atoms with Crippen molar-refractivity contribution < 1.29 is 19.7 Å². The van der Waals surface area contributed by atoms with Crippen LogP contribution in [0.5, 0.6) is 5.75 Å². The monoisotopic (exact) mass is 368 g/mol. The minimum atomic E-state index is -1.12. The summed E-state index contributed by atoms with van der Waals surface area (Å²) >= 11 is 0. The molecular formula is C21H24N2O4. The second-order valence-corrected chi connectivity index (χ2v) is 6.83. The van der Waals surface area contributed by atoms with Crippen LogP contribution < -0.4 is 0 Å². The van der Waals surface area contributed by atoms with Gasteiger partial charge in [0, 0.05) is 18.3 Å². The summed E-state index contributed by atoms with van der Waals surface area (Å²) in [5, 5.41) is 20.7. The predicted molar refractivity (Wildman–Crippen MR) is 103 cm³/mol. The van der Waals surface area contributed by atoms with E-state index in [0.29, 0.717) is 18.5 Å². The lowest BCUT2D eigenvalue weighted by atomic mass is 9.95. The van der Waals surface area contributed by atoms with Crippen LogP contribution in [0.2, 0.25) is 0 Å². The Balaban J connectivity index is 1.56. The number of likely N-dealkylation sites (tertiary alicyclic amines) is 1. The number of aromatic hydroxyl groups is 1. The van der Waals surface area contributed by atoms with E-state index in [4.69, 9.17) is 4.74 Å². The van der Waals surface area contributed by atoms with Gasteiger partial charge in [-0.2, -0.15) is 0 Å². The van der Waals surface area contributed by atoms with E-state index >= 15 is 0 Å². The standard InChI is InChI=1S/C21H24N2O4/c1-16(22-13-18-9-5-6-10-19(18)24)21(26)11-12-23(15-21)20(25)27-14-17-7-3-2-4-8-17/h2-10,13,16,24,26H,11-12,14-15H2,1H3/b22-13+. The molecule has 2 aromatic rings. The Hall–Kier alpha value is -2.86. The van der Waals surface area contributed by atoms with Gasteiger partial charge in [-0.1, -0.05) is 42.5 Å². The average molecular weight is 368 g/mol. The minimum Gasteiger partial charge on any atom is -0.507 e. The molecule has 27 heavy (non-hydrogen) atoms. The second kappa shape index (κ2) is 8.22. The zero-order chi connectivity index (χ0) is 19.3. The first-order valence-electron chi connectivity index (χ1n) is 8.97. The molecule has 0 radical (unpaired) electrons. The summed E-state index contributed by atoms with van der Waals surface area (Å²) in [7, 11) is 0. The van der Waals surface area contributed by atoms with Crippen LogP contribution in [0.25, 0.3) is 0 Å². The fourth-order valence-electron chi connectivity index (χ4n) is 3.05. The van der Waals surface area contributed by atoms with Gasteiger partial charge in [0.15, 0.2) is 0 Å². The SMILES string of the molecule is CC(/N=C/c1ccccc1O)C1(O)CCN(C(=O)OCc2ccccc2)C1. The van der Waals surface area contributed by atoms with Gasteiger partial charge in [-0.05, 0) is 31.0 Å². The third-order valence-corrected chi connectivity index (χ3v) is 4.89. The Labute approximate surface area is 158 Å². The van der Waals surface area contributed by atoms with E-state index in [1.807, 2.05) is 30.3 Å². The molecule has 0 aliphatic carbocycles. The number of carbonyl (C=O) groups is 1. The molecule has 2 unspecified atom stereocenters. The van der Waals surface area contributed by atoms with Crippen molar-refractivity contribution in [3.05, 3.63) is 65.7 Å². The van der Waals surface area contributed by atoms with Crippen molar-refractivity contribution in [2.24, 2.45) is 4.99 Å². The van der Waals surface area contributed by atoms with Crippen LogP contribution >= 0.6 is 0 Å². The summed E-state index contributed by atoms with van der Waals surface area (Å²) in [4.78, 5) is 18.2. The quantitative estimate of drug-likeness (QED) is 0.795. The highest BCUT2D eigenvalue weighted by molar-refractivity contribution is 5.83. The number of aliphatic imine (C=N–C) groups is 1. The molecular weight excluding hydrogens is 344 g/mol. The molecule has 2 N–H and O–H groups in total. The highest BCUT2D eigenvalue weighted by Crippen LogP contribution is 2.27. The number of phenols is 1. The molecule has 0 spiro atoms. The fourth-order valence-corrected chi connectivity index (χ4v) is 3.05. The van der Waals surface area contributed by atoms with E-state index in [0.717, 1.165) is 5.56 Å². The van der Waals surface area contributed by atoms with E-state index in [9.17, 15) is 15.0 Å². The largest absolute Gasteiger partial charge is 0.507 e. The van der Waals surface area contributed by atoms with Gasteiger partial charge >= 0.3 is 6.09 Å². The summed E-state index contributed by atoms with van der Waals surface area (Å²) in [6.07, 6.45) is 1.54. The van der Waals surface area contributed by atoms with Crippen molar-refractivity contribution in [3.8, 4) is 5.75 Å². The molecule has 0 bridgehead atoms. The second-order valence-electron chi connectivity index (χ2n) is 6.83. The van der Waals surface area contributed by atoms with Crippen molar-refractivity contribution in [2.75, 3.05) is 13.1 Å². The highest BCUT2D eigenvalue weighted by atomic mass is 16.6. The van der Waals surface area contributed by atoms with Gasteiger partial charge in [0.05, 0.1) is 12.6 Å². The van der Waals surface area contributed by atoms with Crippen molar-refractivity contribution in [3.63, 3.8) is 0 Å². The first kappa shape index (κ1) is 18.9. The zero-order valence-electron chi connectivity index (χ0n) is 15.3. The third kappa shape index (κ3) is 4.65. The number of hydrogen-bond donors (Lipinski definition) is 2. The summed E-state index contributed by atoms with van der Waals surface area (Å²) in [5.41, 5.74) is 0.387. The molecule has 1 fully saturated rings. The van der Waals surface area contributed by atoms with Crippen LogP contribution in [0.1, 0.15) is 24.5 Å². The van der Waals surface area contributed by atoms with Crippen molar-refractivity contribution in [1.29, 1.82) is 0 Å². The number of aliphatic hydroxyl groups is 1. The summed E-state index contributed by atoms with van der Waals surface area (Å²) in [5.74, 6) is 0.137. The van der Waals surface area contributed by atoms with Gasteiger partial charge in [0.25, 0.3) is 0 Å². The lowest BCUT2D eigenvalue weighted by molar-refractivity contribution is 0.0267. The van der Waals surface area contributed by atoms with Crippen molar-refractivity contribution in [2.45, 2.75) is 31.6 Å². The Bertz CT molecular complexity index is 809. The first-order chi connectivity index (χ1) is 13.0. The normalized spacial score (nSPS) is 20.7. The smallest absolute Gasteiger partial charge is 0.410 e. The molecule has 1 heterocycles. The van der Waals surface area contributed by atoms with Crippen LogP contribution in [0, 0.1) is 0 Å². The maximum atomic E-state index is 12.3. The number of phenolic OH excluding ortho intramolecular Hbond substituents is 1. The topological polar surface area (TPSA) is 82.4 Å². The van der Waals surface area contributed by atoms with Crippen LogP contribution in [-0.4, -0.2) is 52.2 Å². The Morgan fingerprint density at radius 3 is 2.70 bits per heavy atom. The summed E-state index contributed by atoms with van der Waals surface area (Å²) in [6, 6.07) is 15.9. The van der Waals surface area contributed by atoms with E-state index in [1.54, 1.807) is 37.4 Å². The van der Waals surface area contributed by atoms with Gasteiger partial charge in [0.1, 0.15) is 18.0 Å². The fraction of sp³-hybridized carbons (Fsp3) is 0.333. The number of benzene rings is 2. The molecule has 142 valence electrons. The van der Waals surface area contributed by atoms with Gasteiger partial charge < -0.3 is 19.8 Å². The number of amides is 1. The molecule has 3 rings (SSSR count). The van der Waals surface area contributed by atoms with Gasteiger partial charge in [-0.3, -0.25) is 4.99 Å². The van der Waals surface area contributed by atoms with Gasteiger partial charge in [-0.25, -0.2) is 4.79 Å². The van der Waals surface area contributed by atoms with E-state index in [2.05, 4.69) is 4.99 Å². The molecule has 6 nitrogen and oxygen atoms in total. The first-order valence-corrected chi connectivity index (χ1v) is 8.97. The average Bonchev–Trinajstić information content (AvgIpc) is 3.10. The summed E-state index contributed by atoms with van der Waals surface area (Å²) in [6.45, 7) is 2.59. The Kier molecular flexibility index (Phi) is 5.76. The molecule has 0 saturated carbocycles. The number of β-amino-alcohol motifs (C(OH)–C–C–N with tert-alkyl or cyclic N) is 1. The summed E-state index contributed by atoms with van der Waals surface area (Å²) < 4.78 is 5.33. The molecule has 1 aliphatic rings. The van der Waals surface area contributed by atoms with Crippen LogP contribution in [0.3, 0.4) is 0 Å². The Morgan fingerprint density at radius 1 is 1.26 bits per heavy atom. The molecule has 1 saturated heterocycles. The maximum Gasteiger partial charge on any atom is 0.410 e. The molecule has 6 heteroatoms. The zero-order valence-corrected chi connectivity index (χ0v) is 15.3. The van der Waals surface area contributed by atoms with E-state index in [-0.39, 0.29) is 18.9 Å². The predicted octanol–water partition coefficient (Wildman–Crippen LogP) is 2.97. The van der Waals surface area contributed by atoms with E-state index < -0.39 is 17.7 Å². The van der Waals surface area contributed by atoms with E-state index in [1.165, 1.54) is 4.90 Å². The van der Waals surface area contributed by atoms with Gasteiger partial charge in [-0.15, -0.1) is 0 Å². The maximum absolute atomic E-state index is 12.3. The minimum absolute atomic E-state index is 0.137. The van der Waals surface area contributed by atoms with Crippen LogP contribution in [0.15, 0.2) is 59.6 Å². The van der Waals surface area contributed by atoms with Crippen LogP contribution in [0.4, 0.5) is 4.79 Å². The lowest BCUT2D eigenvalue weighted by Gasteiger charge is -2.27.